The van der Waals surface area contributed by atoms with Crippen LogP contribution in [-0.2, 0) is 0 Å². The maximum atomic E-state index is 12.3. The molecule has 15 heavy (non-hydrogen) atoms. The summed E-state index contributed by atoms with van der Waals surface area (Å²) in [5, 5.41) is 0. The number of rotatable bonds is 7. The van der Waals surface area contributed by atoms with E-state index in [-0.39, 0.29) is 5.75 Å². The van der Waals surface area contributed by atoms with Crippen molar-refractivity contribution in [2.75, 3.05) is 17.4 Å². The molecule has 0 atom stereocenters. The van der Waals surface area contributed by atoms with Crippen LogP contribution in [0.3, 0.4) is 0 Å². The number of alkyl halides is 6. The Morgan fingerprint density at radius 1 is 0.933 bits per heavy atom. The van der Waals surface area contributed by atoms with Gasteiger partial charge in [0.15, 0.2) is 0 Å². The number of halogens is 6. The fourth-order valence-corrected chi connectivity index (χ4v) is 1.94. The summed E-state index contributed by atoms with van der Waals surface area (Å²) >= 11 is 6.47. The summed E-state index contributed by atoms with van der Waals surface area (Å²) in [6.45, 7) is 0. The first-order valence-corrected chi connectivity index (χ1v) is 6.08. The standard InChI is InChI=1S/C8H12ClF5S/c9-4-1-2-5-15-6-3-7(10,11)8(12,13)14/h1-6H2. The highest BCUT2D eigenvalue weighted by Crippen LogP contribution is 2.38. The highest BCUT2D eigenvalue weighted by atomic mass is 35.5. The first-order valence-electron chi connectivity index (χ1n) is 4.39. The fourth-order valence-electron chi connectivity index (χ4n) is 0.743. The summed E-state index contributed by atoms with van der Waals surface area (Å²) in [4.78, 5) is 0. The van der Waals surface area contributed by atoms with Crippen molar-refractivity contribution >= 4 is 23.4 Å². The molecule has 0 aromatic rings. The largest absolute Gasteiger partial charge is 0.453 e. The molecule has 0 radical (unpaired) electrons. The quantitative estimate of drug-likeness (QED) is 0.377. The number of hydrogen-bond acceptors (Lipinski definition) is 1. The molecular formula is C8H12ClF5S. The third-order valence-electron chi connectivity index (χ3n) is 1.65. The average Bonchev–Trinajstić information content (AvgIpc) is 2.09. The fraction of sp³-hybridized carbons (Fsp3) is 1.00. The maximum Gasteiger partial charge on any atom is 0.453 e. The third-order valence-corrected chi connectivity index (χ3v) is 2.98. The van der Waals surface area contributed by atoms with Gasteiger partial charge in [0, 0.05) is 12.3 Å². The topological polar surface area (TPSA) is 0 Å². The summed E-state index contributed by atoms with van der Waals surface area (Å²) in [7, 11) is 0. The minimum absolute atomic E-state index is 0.186. The van der Waals surface area contributed by atoms with Crippen LogP contribution in [-0.4, -0.2) is 29.5 Å². The molecule has 0 rings (SSSR count). The lowest BCUT2D eigenvalue weighted by Gasteiger charge is -2.18. The molecule has 0 saturated heterocycles. The molecule has 0 unspecified atom stereocenters. The van der Waals surface area contributed by atoms with Crippen LogP contribution >= 0.6 is 23.4 Å². The van der Waals surface area contributed by atoms with E-state index in [2.05, 4.69) is 0 Å². The molecule has 0 saturated carbocycles. The summed E-state index contributed by atoms with van der Waals surface area (Å²) in [6, 6.07) is 0. The zero-order chi connectivity index (χ0) is 11.9. The Kier molecular flexibility index (Phi) is 6.91. The summed E-state index contributed by atoms with van der Waals surface area (Å²) in [6.07, 6.45) is -5.08. The van der Waals surface area contributed by atoms with Gasteiger partial charge in [-0.25, -0.2) is 0 Å². The molecule has 0 amide bonds. The molecule has 0 N–H and O–H groups in total. The van der Waals surface area contributed by atoms with Gasteiger partial charge in [0.2, 0.25) is 0 Å². The first kappa shape index (κ1) is 15.3. The van der Waals surface area contributed by atoms with E-state index in [4.69, 9.17) is 11.6 Å². The van der Waals surface area contributed by atoms with E-state index in [0.717, 1.165) is 24.6 Å². The van der Waals surface area contributed by atoms with Crippen molar-refractivity contribution in [2.24, 2.45) is 0 Å². The van der Waals surface area contributed by atoms with Crippen molar-refractivity contribution in [3.05, 3.63) is 0 Å². The Balaban J connectivity index is 3.58. The van der Waals surface area contributed by atoms with Crippen LogP contribution in [0.1, 0.15) is 19.3 Å². The van der Waals surface area contributed by atoms with E-state index in [9.17, 15) is 22.0 Å². The molecule has 92 valence electrons. The SMILES string of the molecule is FC(F)(F)C(F)(F)CCSCCCCCl. The Hall–Kier alpha value is 0.290. The van der Waals surface area contributed by atoms with Crippen LogP contribution in [0.15, 0.2) is 0 Å². The average molecular weight is 271 g/mol. The molecule has 0 nitrogen and oxygen atoms in total. The van der Waals surface area contributed by atoms with Crippen molar-refractivity contribution < 1.29 is 22.0 Å². The highest BCUT2D eigenvalue weighted by Gasteiger charge is 2.56. The van der Waals surface area contributed by atoms with Crippen molar-refractivity contribution in [3.63, 3.8) is 0 Å². The second-order valence-electron chi connectivity index (χ2n) is 2.96. The van der Waals surface area contributed by atoms with Crippen molar-refractivity contribution in [2.45, 2.75) is 31.4 Å². The predicted octanol–water partition coefficient (Wildman–Crippen LogP) is 4.33. The van der Waals surface area contributed by atoms with E-state index in [1.165, 1.54) is 0 Å². The van der Waals surface area contributed by atoms with E-state index in [1.54, 1.807) is 0 Å². The Morgan fingerprint density at radius 3 is 2.00 bits per heavy atom. The van der Waals surface area contributed by atoms with Gasteiger partial charge in [-0.2, -0.15) is 33.7 Å². The minimum atomic E-state index is -5.43. The van der Waals surface area contributed by atoms with Crippen molar-refractivity contribution in [3.8, 4) is 0 Å². The highest BCUT2D eigenvalue weighted by molar-refractivity contribution is 7.99. The molecule has 0 bridgehead atoms. The van der Waals surface area contributed by atoms with E-state index in [1.807, 2.05) is 0 Å². The van der Waals surface area contributed by atoms with Crippen molar-refractivity contribution in [1.29, 1.82) is 0 Å². The van der Waals surface area contributed by atoms with Gasteiger partial charge >= 0.3 is 12.1 Å². The lowest BCUT2D eigenvalue weighted by atomic mass is 10.2. The Labute approximate surface area is 94.5 Å². The van der Waals surface area contributed by atoms with Gasteiger partial charge in [-0.15, -0.1) is 11.6 Å². The second-order valence-corrected chi connectivity index (χ2v) is 4.56. The van der Waals surface area contributed by atoms with Crippen LogP contribution < -0.4 is 0 Å². The van der Waals surface area contributed by atoms with Crippen LogP contribution in [0, 0.1) is 0 Å². The molecule has 0 spiro atoms. The second kappa shape index (κ2) is 6.78. The normalized spacial score (nSPS) is 13.2. The molecule has 0 fully saturated rings. The Morgan fingerprint density at radius 2 is 1.53 bits per heavy atom. The molecule has 0 aliphatic carbocycles. The van der Waals surface area contributed by atoms with Gasteiger partial charge in [0.25, 0.3) is 0 Å². The molecule has 0 aliphatic rings. The maximum absolute atomic E-state index is 12.3. The van der Waals surface area contributed by atoms with Crippen LogP contribution in [0.4, 0.5) is 22.0 Å². The molecule has 0 aromatic heterocycles. The zero-order valence-electron chi connectivity index (χ0n) is 7.92. The van der Waals surface area contributed by atoms with Gasteiger partial charge in [-0.05, 0) is 24.3 Å². The smallest absolute Gasteiger partial charge is 0.196 e. The molecule has 7 heteroatoms. The molecule has 0 aromatic carbocycles. The van der Waals surface area contributed by atoms with Crippen LogP contribution in [0.2, 0.25) is 0 Å². The summed E-state index contributed by atoms with van der Waals surface area (Å²) in [5.74, 6) is -3.69. The van der Waals surface area contributed by atoms with Gasteiger partial charge in [-0.3, -0.25) is 0 Å². The number of unbranched alkanes of at least 4 members (excludes halogenated alkanes) is 1. The van der Waals surface area contributed by atoms with Crippen LogP contribution in [0.25, 0.3) is 0 Å². The predicted molar refractivity (Wildman–Crippen MR) is 52.9 cm³/mol. The molecular weight excluding hydrogens is 259 g/mol. The summed E-state index contributed by atoms with van der Waals surface area (Å²) in [5.41, 5.74) is 0. The van der Waals surface area contributed by atoms with E-state index in [0.29, 0.717) is 11.6 Å². The monoisotopic (exact) mass is 270 g/mol. The van der Waals surface area contributed by atoms with Crippen LogP contribution in [0.5, 0.6) is 0 Å². The number of hydrogen-bond donors (Lipinski definition) is 0. The lowest BCUT2D eigenvalue weighted by molar-refractivity contribution is -0.282. The van der Waals surface area contributed by atoms with E-state index >= 15 is 0 Å². The van der Waals surface area contributed by atoms with Gasteiger partial charge in [-0.1, -0.05) is 0 Å². The lowest BCUT2D eigenvalue weighted by Crippen LogP contribution is -2.36. The first-order chi connectivity index (χ1) is 6.81. The van der Waals surface area contributed by atoms with Gasteiger partial charge in [0.05, 0.1) is 0 Å². The molecule has 0 aliphatic heterocycles. The van der Waals surface area contributed by atoms with Gasteiger partial charge in [0.1, 0.15) is 0 Å². The van der Waals surface area contributed by atoms with E-state index < -0.39 is 18.5 Å². The molecule has 0 heterocycles. The number of thioether (sulfide) groups is 1. The Bertz CT molecular complexity index is 171. The minimum Gasteiger partial charge on any atom is -0.196 e. The summed E-state index contributed by atoms with van der Waals surface area (Å²) < 4.78 is 59.8. The van der Waals surface area contributed by atoms with Gasteiger partial charge < -0.3 is 0 Å². The van der Waals surface area contributed by atoms with Crippen molar-refractivity contribution in [1.82, 2.24) is 0 Å². The zero-order valence-corrected chi connectivity index (χ0v) is 9.49. The third kappa shape index (κ3) is 6.45.